The van der Waals surface area contributed by atoms with Crippen LogP contribution in [0, 0.1) is 20.8 Å². The average molecular weight is 455 g/mol. The van der Waals surface area contributed by atoms with Gasteiger partial charge in [0.15, 0.2) is 5.13 Å². The van der Waals surface area contributed by atoms with Crippen molar-refractivity contribution in [2.24, 2.45) is 0 Å². The summed E-state index contributed by atoms with van der Waals surface area (Å²) in [4.78, 5) is 41.1. The molecule has 4 rings (SSSR count). The van der Waals surface area contributed by atoms with Gasteiger partial charge in [-0.15, -0.1) is 11.3 Å². The van der Waals surface area contributed by atoms with Crippen molar-refractivity contribution in [3.63, 3.8) is 0 Å². The number of amides is 1. The van der Waals surface area contributed by atoms with E-state index in [4.69, 9.17) is 13.6 Å². The Balaban J connectivity index is 1.59. The van der Waals surface area contributed by atoms with Gasteiger partial charge in [0.25, 0.3) is 0 Å². The smallest absolute Gasteiger partial charge is 0.340 e. The molecule has 3 heterocycles. The number of hydrogen-bond acceptors (Lipinski definition) is 8. The van der Waals surface area contributed by atoms with Gasteiger partial charge in [0.1, 0.15) is 11.2 Å². The molecule has 0 atom stereocenters. The van der Waals surface area contributed by atoms with Gasteiger partial charge in [0, 0.05) is 21.7 Å². The summed E-state index contributed by atoms with van der Waals surface area (Å²) in [5.74, 6) is -0.772. The third kappa shape index (κ3) is 4.03. The number of aromatic nitrogens is 1. The lowest BCUT2D eigenvalue weighted by molar-refractivity contribution is -0.142. The molecular formula is C23H22N2O6S. The fourth-order valence-electron chi connectivity index (χ4n) is 3.65. The number of anilines is 1. The summed E-state index contributed by atoms with van der Waals surface area (Å²) >= 11 is 1.20. The number of aryl methyl sites for hydroxylation is 3. The highest BCUT2D eigenvalue weighted by Gasteiger charge is 2.20. The Morgan fingerprint density at radius 2 is 1.91 bits per heavy atom. The molecule has 0 fully saturated rings. The van der Waals surface area contributed by atoms with E-state index in [9.17, 15) is 14.4 Å². The molecule has 9 heteroatoms. The summed E-state index contributed by atoms with van der Waals surface area (Å²) in [6.07, 6.45) is 1.55. The molecular weight excluding hydrogens is 432 g/mol. The SMILES string of the molecule is CCOC(=O)Cc1csc(NC(=O)Cc2c(C)c3cc4c(C)coc4c(C)c3oc2=O)n1. The van der Waals surface area contributed by atoms with Crippen molar-refractivity contribution in [3.05, 3.63) is 56.1 Å². The fraction of sp³-hybridized carbons (Fsp3) is 0.304. The van der Waals surface area contributed by atoms with E-state index in [0.29, 0.717) is 39.7 Å². The van der Waals surface area contributed by atoms with E-state index < -0.39 is 11.5 Å². The van der Waals surface area contributed by atoms with E-state index in [0.717, 1.165) is 21.9 Å². The number of benzene rings is 1. The Bertz CT molecular complexity index is 1410. The largest absolute Gasteiger partial charge is 0.466 e. The van der Waals surface area contributed by atoms with Crippen LogP contribution >= 0.6 is 11.3 Å². The fourth-order valence-corrected chi connectivity index (χ4v) is 4.38. The first-order valence-electron chi connectivity index (χ1n) is 10.1. The predicted octanol–water partition coefficient (Wildman–Crippen LogP) is 4.21. The van der Waals surface area contributed by atoms with Crippen LogP contribution in [0.4, 0.5) is 5.13 Å². The van der Waals surface area contributed by atoms with E-state index in [1.165, 1.54) is 11.3 Å². The molecule has 166 valence electrons. The van der Waals surface area contributed by atoms with Gasteiger partial charge in [-0.25, -0.2) is 9.78 Å². The van der Waals surface area contributed by atoms with E-state index >= 15 is 0 Å². The number of carbonyl (C=O) groups is 2. The molecule has 0 unspecified atom stereocenters. The second-order valence-electron chi connectivity index (χ2n) is 7.52. The lowest BCUT2D eigenvalue weighted by atomic mass is 9.99. The van der Waals surface area contributed by atoms with Gasteiger partial charge in [-0.2, -0.15) is 0 Å². The van der Waals surface area contributed by atoms with Crippen LogP contribution in [0.2, 0.25) is 0 Å². The summed E-state index contributed by atoms with van der Waals surface area (Å²) < 4.78 is 16.1. The minimum absolute atomic E-state index is 0.0365. The van der Waals surface area contributed by atoms with Gasteiger partial charge in [0.2, 0.25) is 5.91 Å². The standard InChI is InChI=1S/C23H22N2O6S/c1-5-29-19(27)6-14-10-32-23(24-14)25-18(26)8-17-12(3)16-7-15-11(2)9-30-20(15)13(4)21(16)31-22(17)28/h7,9-10H,5-6,8H2,1-4H3,(H,24,25,26). The molecule has 0 saturated carbocycles. The Labute approximate surface area is 187 Å². The maximum atomic E-state index is 12.7. The third-order valence-corrected chi connectivity index (χ3v) is 6.11. The first-order chi connectivity index (χ1) is 15.3. The van der Waals surface area contributed by atoms with Crippen LogP contribution in [0.25, 0.3) is 21.9 Å². The number of furan rings is 1. The molecule has 8 nitrogen and oxygen atoms in total. The molecule has 0 aliphatic carbocycles. The zero-order valence-electron chi connectivity index (χ0n) is 18.2. The van der Waals surface area contributed by atoms with Gasteiger partial charge >= 0.3 is 11.6 Å². The van der Waals surface area contributed by atoms with Crippen LogP contribution in [0.5, 0.6) is 0 Å². The molecule has 0 bridgehead atoms. The van der Waals surface area contributed by atoms with Crippen LogP contribution in [-0.4, -0.2) is 23.5 Å². The number of ether oxygens (including phenoxy) is 1. The van der Waals surface area contributed by atoms with Crippen molar-refractivity contribution in [2.75, 3.05) is 11.9 Å². The molecule has 32 heavy (non-hydrogen) atoms. The quantitative estimate of drug-likeness (QED) is 0.343. The van der Waals surface area contributed by atoms with Crippen molar-refractivity contribution < 1.29 is 23.2 Å². The summed E-state index contributed by atoms with van der Waals surface area (Å²) in [5.41, 5.74) is 3.82. The van der Waals surface area contributed by atoms with E-state index in [-0.39, 0.29) is 18.8 Å². The van der Waals surface area contributed by atoms with Crippen molar-refractivity contribution in [1.29, 1.82) is 0 Å². The number of rotatable bonds is 6. The summed E-state index contributed by atoms with van der Waals surface area (Å²) in [7, 11) is 0. The number of carbonyl (C=O) groups excluding carboxylic acids is 2. The monoisotopic (exact) mass is 454 g/mol. The van der Waals surface area contributed by atoms with E-state index in [1.807, 2.05) is 26.8 Å². The second kappa shape index (κ2) is 8.58. The average Bonchev–Trinajstić information content (AvgIpc) is 3.33. The maximum Gasteiger partial charge on any atom is 0.340 e. The number of nitrogens with one attached hydrogen (secondary N) is 1. The minimum atomic E-state index is -0.557. The Morgan fingerprint density at radius 1 is 1.12 bits per heavy atom. The normalized spacial score (nSPS) is 11.2. The zero-order valence-corrected chi connectivity index (χ0v) is 19.0. The molecule has 0 saturated heterocycles. The van der Waals surface area contributed by atoms with Crippen LogP contribution in [-0.2, 0) is 27.2 Å². The number of thiazole rings is 1. The van der Waals surface area contributed by atoms with Crippen molar-refractivity contribution in [1.82, 2.24) is 4.98 Å². The molecule has 1 N–H and O–H groups in total. The zero-order chi connectivity index (χ0) is 23.0. The first-order valence-corrected chi connectivity index (χ1v) is 11.0. The Kier molecular flexibility index (Phi) is 5.84. The van der Waals surface area contributed by atoms with Gasteiger partial charge in [-0.3, -0.25) is 9.59 Å². The Hall–Kier alpha value is -3.46. The van der Waals surface area contributed by atoms with Crippen molar-refractivity contribution in [2.45, 2.75) is 40.5 Å². The van der Waals surface area contributed by atoms with Crippen molar-refractivity contribution >= 4 is 50.3 Å². The number of hydrogen-bond donors (Lipinski definition) is 1. The van der Waals surface area contributed by atoms with Crippen molar-refractivity contribution in [3.8, 4) is 0 Å². The molecule has 4 aromatic rings. The lowest BCUT2D eigenvalue weighted by Gasteiger charge is -2.10. The number of esters is 1. The van der Waals surface area contributed by atoms with Gasteiger partial charge < -0.3 is 18.9 Å². The molecule has 1 amide bonds. The van der Waals surface area contributed by atoms with Gasteiger partial charge in [-0.05, 0) is 44.9 Å². The molecule has 1 aromatic carbocycles. The predicted molar refractivity (Wildman–Crippen MR) is 121 cm³/mol. The highest BCUT2D eigenvalue weighted by molar-refractivity contribution is 7.13. The summed E-state index contributed by atoms with van der Waals surface area (Å²) in [6, 6.07) is 1.93. The molecule has 0 aliphatic rings. The molecule has 0 aliphatic heterocycles. The second-order valence-corrected chi connectivity index (χ2v) is 8.38. The van der Waals surface area contributed by atoms with Gasteiger partial charge in [-0.1, -0.05) is 0 Å². The third-order valence-electron chi connectivity index (χ3n) is 5.30. The van der Waals surface area contributed by atoms with Gasteiger partial charge in [0.05, 0.1) is 37.0 Å². The number of nitrogens with zero attached hydrogens (tertiary/aromatic N) is 1. The first kappa shape index (κ1) is 21.8. The highest BCUT2D eigenvalue weighted by atomic mass is 32.1. The highest BCUT2D eigenvalue weighted by Crippen LogP contribution is 2.32. The topological polar surface area (TPSA) is 112 Å². The van der Waals surface area contributed by atoms with Crippen LogP contribution in [0.3, 0.4) is 0 Å². The van der Waals surface area contributed by atoms with Crippen LogP contribution in [0.1, 0.15) is 34.9 Å². The van der Waals surface area contributed by atoms with E-state index in [2.05, 4.69) is 10.3 Å². The van der Waals surface area contributed by atoms with Crippen LogP contribution in [0.15, 0.2) is 31.3 Å². The molecule has 3 aromatic heterocycles. The summed E-state index contributed by atoms with van der Waals surface area (Å²) in [6.45, 7) is 7.63. The minimum Gasteiger partial charge on any atom is -0.466 e. The lowest BCUT2D eigenvalue weighted by Crippen LogP contribution is -2.20. The molecule has 0 spiro atoms. The molecule has 0 radical (unpaired) electrons. The summed E-state index contributed by atoms with van der Waals surface area (Å²) in [5, 5.41) is 6.43. The van der Waals surface area contributed by atoms with E-state index in [1.54, 1.807) is 18.6 Å². The van der Waals surface area contributed by atoms with Crippen LogP contribution < -0.4 is 10.9 Å². The maximum absolute atomic E-state index is 12.7. The Morgan fingerprint density at radius 3 is 2.66 bits per heavy atom. The number of fused-ring (bicyclic) bond motifs is 2.